The van der Waals surface area contributed by atoms with E-state index in [9.17, 15) is 4.79 Å². The Bertz CT molecular complexity index is 960. The summed E-state index contributed by atoms with van der Waals surface area (Å²) in [5.41, 5.74) is 2.56. The number of nitrogens with zero attached hydrogens (tertiary/aromatic N) is 4. The number of aromatic nitrogens is 3. The van der Waals surface area contributed by atoms with Gasteiger partial charge < -0.3 is 10.2 Å². The van der Waals surface area contributed by atoms with E-state index in [1.54, 1.807) is 12.3 Å². The average molecular weight is 373 g/mol. The van der Waals surface area contributed by atoms with E-state index in [0.29, 0.717) is 12.2 Å². The Morgan fingerprint density at radius 1 is 1.07 bits per heavy atom. The van der Waals surface area contributed by atoms with Crippen molar-refractivity contribution < 1.29 is 4.79 Å². The molecule has 6 nitrogen and oxygen atoms in total. The highest BCUT2D eigenvalue weighted by Crippen LogP contribution is 2.29. The largest absolute Gasteiger partial charge is 0.337 e. The van der Waals surface area contributed by atoms with Crippen molar-refractivity contribution in [2.75, 3.05) is 18.4 Å². The number of amides is 1. The SMILES string of the molecule is Cc1cccc(C(=O)N2CCC[C@H](c3ccnc(Nc4ccccn4)c3)C2)n1. The summed E-state index contributed by atoms with van der Waals surface area (Å²) in [6.45, 7) is 3.37. The Morgan fingerprint density at radius 2 is 1.96 bits per heavy atom. The Labute approximate surface area is 164 Å². The zero-order valence-corrected chi connectivity index (χ0v) is 15.9. The van der Waals surface area contributed by atoms with Crippen molar-refractivity contribution in [2.45, 2.75) is 25.7 Å². The van der Waals surface area contributed by atoms with E-state index in [2.05, 4.69) is 26.3 Å². The van der Waals surface area contributed by atoms with Crippen molar-refractivity contribution in [1.29, 1.82) is 0 Å². The number of carbonyl (C=O) groups is 1. The lowest BCUT2D eigenvalue weighted by molar-refractivity contribution is 0.0701. The second kappa shape index (κ2) is 8.17. The molecule has 3 aromatic rings. The van der Waals surface area contributed by atoms with Gasteiger partial charge in [-0.3, -0.25) is 4.79 Å². The first kappa shape index (κ1) is 18.1. The molecule has 0 spiro atoms. The van der Waals surface area contributed by atoms with Gasteiger partial charge in [-0.25, -0.2) is 15.0 Å². The molecule has 1 atom stereocenters. The third kappa shape index (κ3) is 4.17. The molecule has 0 aliphatic carbocycles. The molecule has 1 N–H and O–H groups in total. The van der Waals surface area contributed by atoms with E-state index in [1.807, 2.05) is 54.4 Å². The summed E-state index contributed by atoms with van der Waals surface area (Å²) in [4.78, 5) is 27.9. The fourth-order valence-electron chi connectivity index (χ4n) is 3.59. The van der Waals surface area contributed by atoms with Gasteiger partial charge in [-0.2, -0.15) is 0 Å². The number of nitrogens with one attached hydrogen (secondary N) is 1. The van der Waals surface area contributed by atoms with Crippen LogP contribution in [-0.4, -0.2) is 38.8 Å². The molecule has 4 rings (SSSR count). The van der Waals surface area contributed by atoms with Gasteiger partial charge in [0.1, 0.15) is 17.3 Å². The fraction of sp³-hybridized carbons (Fsp3) is 0.273. The second-order valence-corrected chi connectivity index (χ2v) is 7.07. The van der Waals surface area contributed by atoms with Gasteiger partial charge >= 0.3 is 0 Å². The van der Waals surface area contributed by atoms with Crippen LogP contribution in [0.5, 0.6) is 0 Å². The van der Waals surface area contributed by atoms with Crippen LogP contribution in [0.3, 0.4) is 0 Å². The van der Waals surface area contributed by atoms with Crippen LogP contribution >= 0.6 is 0 Å². The van der Waals surface area contributed by atoms with Gasteiger partial charge in [-0.1, -0.05) is 12.1 Å². The highest BCUT2D eigenvalue weighted by atomic mass is 16.2. The lowest BCUT2D eigenvalue weighted by Crippen LogP contribution is -2.39. The molecule has 3 aromatic heterocycles. The van der Waals surface area contributed by atoms with Crippen LogP contribution in [0.4, 0.5) is 11.6 Å². The average Bonchev–Trinajstić information content (AvgIpc) is 2.74. The van der Waals surface area contributed by atoms with Crippen LogP contribution in [0.25, 0.3) is 0 Å². The summed E-state index contributed by atoms with van der Waals surface area (Å²) in [6, 6.07) is 15.4. The van der Waals surface area contributed by atoms with Crippen LogP contribution in [-0.2, 0) is 0 Å². The molecule has 1 aliphatic heterocycles. The molecule has 0 radical (unpaired) electrons. The molecule has 1 fully saturated rings. The molecular formula is C22H23N5O. The summed E-state index contributed by atoms with van der Waals surface area (Å²) in [5.74, 6) is 1.82. The highest BCUT2D eigenvalue weighted by molar-refractivity contribution is 5.92. The third-order valence-corrected chi connectivity index (χ3v) is 4.99. The Morgan fingerprint density at radius 3 is 2.79 bits per heavy atom. The Kier molecular flexibility index (Phi) is 5.28. The van der Waals surface area contributed by atoms with Crippen molar-refractivity contribution in [1.82, 2.24) is 19.9 Å². The first-order valence-corrected chi connectivity index (χ1v) is 9.56. The van der Waals surface area contributed by atoms with Gasteiger partial charge in [0.15, 0.2) is 0 Å². The molecule has 6 heteroatoms. The number of carbonyl (C=O) groups excluding carboxylic acids is 1. The quantitative estimate of drug-likeness (QED) is 0.750. The van der Waals surface area contributed by atoms with E-state index in [1.165, 1.54) is 5.56 Å². The van der Waals surface area contributed by atoms with E-state index in [4.69, 9.17) is 0 Å². The number of likely N-dealkylation sites (tertiary alicyclic amines) is 1. The van der Waals surface area contributed by atoms with E-state index in [-0.39, 0.29) is 11.8 Å². The van der Waals surface area contributed by atoms with Crippen molar-refractivity contribution in [3.63, 3.8) is 0 Å². The maximum Gasteiger partial charge on any atom is 0.272 e. The number of anilines is 2. The molecule has 0 saturated carbocycles. The molecule has 0 unspecified atom stereocenters. The molecule has 28 heavy (non-hydrogen) atoms. The van der Waals surface area contributed by atoms with E-state index in [0.717, 1.165) is 36.7 Å². The van der Waals surface area contributed by atoms with Crippen molar-refractivity contribution in [2.24, 2.45) is 0 Å². The maximum absolute atomic E-state index is 12.9. The van der Waals surface area contributed by atoms with E-state index < -0.39 is 0 Å². The monoisotopic (exact) mass is 373 g/mol. The number of hydrogen-bond acceptors (Lipinski definition) is 5. The van der Waals surface area contributed by atoms with Gasteiger partial charge in [-0.05, 0) is 61.7 Å². The summed E-state index contributed by atoms with van der Waals surface area (Å²) in [6.07, 6.45) is 5.59. The number of pyridine rings is 3. The molecule has 1 amide bonds. The molecule has 0 aromatic carbocycles. The van der Waals surface area contributed by atoms with Gasteiger partial charge in [0.25, 0.3) is 5.91 Å². The van der Waals surface area contributed by atoms with Crippen molar-refractivity contribution >= 4 is 17.5 Å². The van der Waals surface area contributed by atoms with Crippen LogP contribution in [0.15, 0.2) is 60.9 Å². The smallest absolute Gasteiger partial charge is 0.272 e. The fourth-order valence-corrected chi connectivity index (χ4v) is 3.59. The second-order valence-electron chi connectivity index (χ2n) is 7.07. The minimum atomic E-state index is 0.00860. The minimum absolute atomic E-state index is 0.00860. The van der Waals surface area contributed by atoms with Gasteiger partial charge in [0, 0.05) is 37.1 Å². The lowest BCUT2D eigenvalue weighted by Gasteiger charge is -2.33. The number of rotatable bonds is 4. The lowest BCUT2D eigenvalue weighted by atomic mass is 9.91. The summed E-state index contributed by atoms with van der Waals surface area (Å²) in [7, 11) is 0. The summed E-state index contributed by atoms with van der Waals surface area (Å²) < 4.78 is 0. The molecule has 0 bridgehead atoms. The molecule has 1 saturated heterocycles. The first-order valence-electron chi connectivity index (χ1n) is 9.56. The number of piperidine rings is 1. The molecule has 1 aliphatic rings. The maximum atomic E-state index is 12.9. The Balaban J connectivity index is 1.48. The van der Waals surface area contributed by atoms with Gasteiger partial charge in [0.2, 0.25) is 0 Å². The molecule has 4 heterocycles. The zero-order chi connectivity index (χ0) is 19.3. The third-order valence-electron chi connectivity index (χ3n) is 4.99. The summed E-state index contributed by atoms with van der Waals surface area (Å²) in [5, 5.41) is 3.24. The Hall–Kier alpha value is -3.28. The topological polar surface area (TPSA) is 71.0 Å². The number of hydrogen-bond donors (Lipinski definition) is 1. The molecular weight excluding hydrogens is 350 g/mol. The normalized spacial score (nSPS) is 16.6. The van der Waals surface area contributed by atoms with Gasteiger partial charge in [-0.15, -0.1) is 0 Å². The predicted octanol–water partition coefficient (Wildman–Crippen LogP) is 3.94. The minimum Gasteiger partial charge on any atom is -0.337 e. The zero-order valence-electron chi connectivity index (χ0n) is 15.9. The highest BCUT2D eigenvalue weighted by Gasteiger charge is 2.26. The van der Waals surface area contributed by atoms with Gasteiger partial charge in [0.05, 0.1) is 0 Å². The standard InChI is InChI=1S/C22H23N5O/c1-16-6-4-8-19(25-16)22(28)27-13-5-7-18(15-27)17-10-12-24-21(14-17)26-20-9-2-3-11-23-20/h2-4,6,8-12,14,18H,5,7,13,15H2,1H3,(H,23,24,26)/t18-/m0/s1. The molecule has 142 valence electrons. The summed E-state index contributed by atoms with van der Waals surface area (Å²) >= 11 is 0. The van der Waals surface area contributed by atoms with Crippen molar-refractivity contribution in [3.8, 4) is 0 Å². The van der Waals surface area contributed by atoms with Crippen LogP contribution in [0, 0.1) is 6.92 Å². The van der Waals surface area contributed by atoms with Crippen LogP contribution in [0.1, 0.15) is 40.5 Å². The first-order chi connectivity index (χ1) is 13.7. The number of aryl methyl sites for hydroxylation is 1. The van der Waals surface area contributed by atoms with Crippen molar-refractivity contribution in [3.05, 3.63) is 77.9 Å². The van der Waals surface area contributed by atoms with Crippen LogP contribution in [0.2, 0.25) is 0 Å². The van der Waals surface area contributed by atoms with Crippen LogP contribution < -0.4 is 5.32 Å². The predicted molar refractivity (Wildman–Crippen MR) is 109 cm³/mol. The van der Waals surface area contributed by atoms with E-state index >= 15 is 0 Å².